The molecular formula is C14H13Cl2N5O2S. The number of fused-ring (bicyclic) bond motifs is 1. The van der Waals surface area contributed by atoms with Gasteiger partial charge >= 0.3 is 0 Å². The van der Waals surface area contributed by atoms with Crippen LogP contribution in [0.5, 0.6) is 0 Å². The Kier molecular flexibility index (Phi) is 4.62. The average molecular weight is 386 g/mol. The largest absolute Gasteiger partial charge is 0.351 e. The van der Waals surface area contributed by atoms with E-state index in [1.807, 2.05) is 6.92 Å². The number of aromatic nitrogens is 4. The minimum Gasteiger partial charge on any atom is -0.351 e. The number of carbonyl (C=O) groups is 1. The van der Waals surface area contributed by atoms with Crippen LogP contribution in [0.15, 0.2) is 17.1 Å². The Balaban J connectivity index is 2.07. The topological polar surface area (TPSA) is 81.3 Å². The number of rotatable bonds is 4. The Morgan fingerprint density at radius 1 is 1.42 bits per heavy atom. The van der Waals surface area contributed by atoms with Crippen LogP contribution in [0.1, 0.15) is 28.0 Å². The number of halogens is 2. The smallest absolute Gasteiger partial charge is 0.269 e. The van der Waals surface area contributed by atoms with E-state index < -0.39 is 0 Å². The van der Waals surface area contributed by atoms with Crippen LogP contribution in [-0.2, 0) is 6.54 Å². The molecule has 0 saturated carbocycles. The first-order valence-corrected chi connectivity index (χ1v) is 8.66. The number of nitrogens with zero attached hydrogens (tertiary/aromatic N) is 4. The maximum Gasteiger partial charge on any atom is 0.269 e. The number of nitrogens with one attached hydrogen (secondary N) is 1. The Hall–Kier alpha value is -1.90. The summed E-state index contributed by atoms with van der Waals surface area (Å²) in [5.74, 6) is -0.292. The lowest BCUT2D eigenvalue weighted by Crippen LogP contribution is -2.28. The van der Waals surface area contributed by atoms with Crippen molar-refractivity contribution in [1.82, 2.24) is 24.5 Å². The molecular weight excluding hydrogens is 373 g/mol. The number of aryl methyl sites for hydroxylation is 1. The molecule has 0 aliphatic rings. The molecule has 3 aromatic rings. The predicted octanol–water partition coefficient (Wildman–Crippen LogP) is 2.37. The summed E-state index contributed by atoms with van der Waals surface area (Å²) >= 11 is 13.2. The molecule has 1 N–H and O–H groups in total. The van der Waals surface area contributed by atoms with Gasteiger partial charge in [-0.1, -0.05) is 23.2 Å². The molecule has 10 heteroatoms. The molecule has 3 aromatic heterocycles. The van der Waals surface area contributed by atoms with Gasteiger partial charge in [0.1, 0.15) is 10.8 Å². The van der Waals surface area contributed by atoms with Gasteiger partial charge < -0.3 is 5.32 Å². The molecule has 0 aromatic carbocycles. The van der Waals surface area contributed by atoms with Gasteiger partial charge in [-0.15, -0.1) is 11.3 Å². The van der Waals surface area contributed by atoms with Crippen LogP contribution in [0.3, 0.4) is 0 Å². The van der Waals surface area contributed by atoms with Crippen molar-refractivity contribution in [3.8, 4) is 0 Å². The zero-order chi connectivity index (χ0) is 17.4. The van der Waals surface area contributed by atoms with Crippen LogP contribution in [0.25, 0.3) is 4.96 Å². The summed E-state index contributed by atoms with van der Waals surface area (Å²) in [5.41, 5.74) is 0.487. The van der Waals surface area contributed by atoms with Gasteiger partial charge in [0.05, 0.1) is 23.5 Å². The van der Waals surface area contributed by atoms with Crippen molar-refractivity contribution in [3.63, 3.8) is 0 Å². The molecule has 24 heavy (non-hydrogen) atoms. The number of hydrogen-bond donors (Lipinski definition) is 1. The number of amides is 1. The van der Waals surface area contributed by atoms with E-state index in [1.54, 1.807) is 6.92 Å². The van der Waals surface area contributed by atoms with Crippen molar-refractivity contribution in [1.29, 1.82) is 0 Å². The van der Waals surface area contributed by atoms with E-state index in [0.29, 0.717) is 27.9 Å². The van der Waals surface area contributed by atoms with Crippen molar-refractivity contribution in [2.45, 2.75) is 20.4 Å². The lowest BCUT2D eigenvalue weighted by atomic mass is 10.3. The van der Waals surface area contributed by atoms with Crippen LogP contribution in [0, 0.1) is 6.92 Å². The third kappa shape index (κ3) is 2.92. The van der Waals surface area contributed by atoms with E-state index in [2.05, 4.69) is 15.4 Å². The van der Waals surface area contributed by atoms with Crippen molar-refractivity contribution in [3.05, 3.63) is 49.1 Å². The van der Waals surface area contributed by atoms with Crippen molar-refractivity contribution < 1.29 is 4.79 Å². The summed E-state index contributed by atoms with van der Waals surface area (Å²) < 4.78 is 2.78. The van der Waals surface area contributed by atoms with E-state index in [9.17, 15) is 9.59 Å². The average Bonchev–Trinajstić information content (AvgIpc) is 3.01. The van der Waals surface area contributed by atoms with Crippen LogP contribution in [0.4, 0.5) is 0 Å². The molecule has 0 fully saturated rings. The number of hydrogen-bond acceptors (Lipinski definition) is 5. The van der Waals surface area contributed by atoms with Gasteiger partial charge in [0, 0.05) is 17.5 Å². The van der Waals surface area contributed by atoms with Gasteiger partial charge in [-0.3, -0.25) is 9.59 Å². The molecule has 3 rings (SSSR count). The maximum atomic E-state index is 12.5. The quantitative estimate of drug-likeness (QED) is 0.747. The first-order valence-electron chi connectivity index (χ1n) is 7.09. The predicted molar refractivity (Wildman–Crippen MR) is 93.4 cm³/mol. The van der Waals surface area contributed by atoms with Gasteiger partial charge in [0.2, 0.25) is 0 Å². The highest BCUT2D eigenvalue weighted by molar-refractivity contribution is 7.17. The van der Waals surface area contributed by atoms with Crippen molar-refractivity contribution >= 4 is 45.4 Å². The fourth-order valence-electron chi connectivity index (χ4n) is 2.32. The van der Waals surface area contributed by atoms with E-state index in [-0.39, 0.29) is 23.2 Å². The lowest BCUT2D eigenvalue weighted by molar-refractivity contribution is 0.0949. The zero-order valence-electron chi connectivity index (χ0n) is 12.8. The van der Waals surface area contributed by atoms with Crippen LogP contribution in [-0.4, -0.2) is 31.6 Å². The fraction of sp³-hybridized carbons (Fsp3) is 0.286. The number of carbonyl (C=O) groups excluding carboxylic acids is 1. The monoisotopic (exact) mass is 385 g/mol. The standard InChI is InChI=1S/C14H13Cl2N5O2S/c1-3-17-13(23)11-7(2)24-14-19-8(4-10(22)21(11)14)6-20-12(16)9(15)5-18-20/h4-5H,3,6H2,1-2H3,(H,17,23). The first kappa shape index (κ1) is 16.9. The zero-order valence-corrected chi connectivity index (χ0v) is 15.2. The molecule has 0 radical (unpaired) electrons. The van der Waals surface area contributed by atoms with Gasteiger partial charge in [-0.25, -0.2) is 14.1 Å². The SMILES string of the molecule is CCNC(=O)c1c(C)sc2nc(Cn3ncc(Cl)c3Cl)cc(=O)n12. The summed E-state index contributed by atoms with van der Waals surface area (Å²) in [6, 6.07) is 1.37. The summed E-state index contributed by atoms with van der Waals surface area (Å²) in [4.78, 5) is 30.3. The molecule has 3 heterocycles. The number of thiazole rings is 1. The third-order valence-corrected chi connectivity index (χ3v) is 5.07. The van der Waals surface area contributed by atoms with Crippen LogP contribution < -0.4 is 10.9 Å². The Morgan fingerprint density at radius 2 is 2.17 bits per heavy atom. The first-order chi connectivity index (χ1) is 11.4. The highest BCUT2D eigenvalue weighted by Gasteiger charge is 2.19. The highest BCUT2D eigenvalue weighted by atomic mass is 35.5. The van der Waals surface area contributed by atoms with Gasteiger partial charge in [-0.05, 0) is 13.8 Å². The van der Waals surface area contributed by atoms with E-state index in [1.165, 1.54) is 32.7 Å². The second kappa shape index (κ2) is 6.54. The molecule has 1 amide bonds. The summed E-state index contributed by atoms with van der Waals surface area (Å²) in [6.45, 7) is 4.30. The summed E-state index contributed by atoms with van der Waals surface area (Å²) in [5, 5.41) is 7.36. The van der Waals surface area contributed by atoms with Gasteiger partial charge in [0.15, 0.2) is 4.96 Å². The highest BCUT2D eigenvalue weighted by Crippen LogP contribution is 2.22. The third-order valence-electron chi connectivity index (χ3n) is 3.34. The fourth-order valence-corrected chi connectivity index (χ4v) is 3.60. The molecule has 0 unspecified atom stereocenters. The minimum atomic E-state index is -0.324. The molecule has 7 nitrogen and oxygen atoms in total. The second-order valence-corrected chi connectivity index (χ2v) is 6.96. The van der Waals surface area contributed by atoms with E-state index >= 15 is 0 Å². The normalized spacial score (nSPS) is 11.2. The van der Waals surface area contributed by atoms with Crippen LogP contribution >= 0.6 is 34.5 Å². The van der Waals surface area contributed by atoms with Crippen molar-refractivity contribution in [2.75, 3.05) is 6.54 Å². The maximum absolute atomic E-state index is 12.5. The molecule has 0 bridgehead atoms. The molecule has 0 spiro atoms. The summed E-state index contributed by atoms with van der Waals surface area (Å²) in [6.07, 6.45) is 1.43. The van der Waals surface area contributed by atoms with Crippen LogP contribution in [0.2, 0.25) is 10.2 Å². The summed E-state index contributed by atoms with van der Waals surface area (Å²) in [7, 11) is 0. The second-order valence-electron chi connectivity index (χ2n) is 5.01. The molecule has 0 aliphatic carbocycles. The minimum absolute atomic E-state index is 0.213. The molecule has 0 aliphatic heterocycles. The van der Waals surface area contributed by atoms with Gasteiger partial charge in [0.25, 0.3) is 11.5 Å². The van der Waals surface area contributed by atoms with Gasteiger partial charge in [-0.2, -0.15) is 5.10 Å². The van der Waals surface area contributed by atoms with Crippen molar-refractivity contribution in [2.24, 2.45) is 0 Å². The van der Waals surface area contributed by atoms with E-state index in [4.69, 9.17) is 23.2 Å². The Labute approximate surface area is 150 Å². The van der Waals surface area contributed by atoms with E-state index in [0.717, 1.165) is 4.88 Å². The molecule has 0 saturated heterocycles. The Bertz CT molecular complexity index is 991. The Morgan fingerprint density at radius 3 is 2.79 bits per heavy atom. The molecule has 126 valence electrons. The lowest BCUT2D eigenvalue weighted by Gasteiger charge is -2.05. The molecule has 0 atom stereocenters.